The fraction of sp³-hybridized carbons (Fsp3) is 0.500. The van der Waals surface area contributed by atoms with Crippen molar-refractivity contribution >= 4 is 16.9 Å². The lowest BCUT2D eigenvalue weighted by Crippen LogP contribution is -2.37. The van der Waals surface area contributed by atoms with E-state index >= 15 is 0 Å². The number of aromatic nitrogens is 6. The molecule has 1 aliphatic carbocycles. The quantitative estimate of drug-likeness (QED) is 0.708. The van der Waals surface area contributed by atoms with Crippen molar-refractivity contribution in [2.75, 3.05) is 11.4 Å². The average molecular weight is 351 g/mol. The summed E-state index contributed by atoms with van der Waals surface area (Å²) in [5.41, 5.74) is 1.72. The molecule has 1 atom stereocenters. The number of fused-ring (bicyclic) bond motifs is 1. The van der Waals surface area contributed by atoms with E-state index in [1.807, 2.05) is 19.3 Å². The molecule has 26 heavy (non-hydrogen) atoms. The van der Waals surface area contributed by atoms with Crippen molar-refractivity contribution in [3.63, 3.8) is 0 Å². The van der Waals surface area contributed by atoms with Gasteiger partial charge in [0.1, 0.15) is 12.1 Å². The summed E-state index contributed by atoms with van der Waals surface area (Å²) in [5, 5.41) is 9.95. The van der Waals surface area contributed by atoms with Crippen LogP contribution in [0.1, 0.15) is 37.3 Å². The molecule has 4 heterocycles. The van der Waals surface area contributed by atoms with Crippen LogP contribution in [-0.4, -0.2) is 42.1 Å². The first-order valence-electron chi connectivity index (χ1n) is 9.18. The summed E-state index contributed by atoms with van der Waals surface area (Å²) in [7, 11) is 1.89. The largest absolute Gasteiger partial charge is 0.351 e. The molecule has 1 saturated carbocycles. The molecule has 8 nitrogen and oxygen atoms in total. The number of anilines is 1. The summed E-state index contributed by atoms with van der Waals surface area (Å²) >= 11 is 0. The summed E-state index contributed by atoms with van der Waals surface area (Å²) in [6, 6.07) is 3.74. The molecule has 1 saturated heterocycles. The van der Waals surface area contributed by atoms with Crippen LogP contribution in [0.15, 0.2) is 29.5 Å². The van der Waals surface area contributed by atoms with Gasteiger partial charge in [-0.2, -0.15) is 10.2 Å². The van der Waals surface area contributed by atoms with Crippen LogP contribution in [0.3, 0.4) is 0 Å². The number of hydrogen-bond acceptors (Lipinski definition) is 6. The van der Waals surface area contributed by atoms with E-state index in [1.165, 1.54) is 12.8 Å². The molecule has 0 aromatic carbocycles. The van der Waals surface area contributed by atoms with Gasteiger partial charge in [0.05, 0.1) is 23.7 Å². The highest BCUT2D eigenvalue weighted by Gasteiger charge is 2.30. The van der Waals surface area contributed by atoms with Gasteiger partial charge in [-0.1, -0.05) is 0 Å². The van der Waals surface area contributed by atoms with Gasteiger partial charge in [0.25, 0.3) is 5.56 Å². The Hall–Kier alpha value is -2.77. The van der Waals surface area contributed by atoms with E-state index in [0.717, 1.165) is 36.3 Å². The minimum Gasteiger partial charge on any atom is -0.351 e. The molecule has 134 valence electrons. The van der Waals surface area contributed by atoms with Crippen molar-refractivity contribution in [1.29, 1.82) is 0 Å². The zero-order valence-electron chi connectivity index (χ0n) is 14.7. The van der Waals surface area contributed by atoms with Gasteiger partial charge in [-0.3, -0.25) is 9.48 Å². The smallest absolute Gasteiger partial charge is 0.266 e. The predicted octanol–water partition coefficient (Wildman–Crippen LogP) is 1.47. The van der Waals surface area contributed by atoms with Crippen molar-refractivity contribution in [2.24, 2.45) is 7.05 Å². The Kier molecular flexibility index (Phi) is 3.51. The van der Waals surface area contributed by atoms with E-state index in [0.29, 0.717) is 18.1 Å². The van der Waals surface area contributed by atoms with E-state index in [2.05, 4.69) is 25.1 Å². The SMILES string of the molecule is Cn1cc2c(N3CCCC3Cn3nc(C4CC4)ccc3=O)ncnc2n1. The Balaban J connectivity index is 1.47. The van der Waals surface area contributed by atoms with Gasteiger partial charge >= 0.3 is 0 Å². The molecule has 5 rings (SSSR count). The van der Waals surface area contributed by atoms with Crippen LogP contribution in [0, 0.1) is 0 Å². The van der Waals surface area contributed by atoms with Gasteiger partial charge in [-0.25, -0.2) is 14.6 Å². The zero-order valence-corrected chi connectivity index (χ0v) is 14.7. The van der Waals surface area contributed by atoms with Gasteiger partial charge in [-0.05, 0) is 31.7 Å². The first-order chi connectivity index (χ1) is 12.7. The fourth-order valence-corrected chi connectivity index (χ4v) is 3.86. The maximum Gasteiger partial charge on any atom is 0.266 e. The molecule has 8 heteroatoms. The molecule has 2 aliphatic rings. The molecule has 0 bridgehead atoms. The maximum atomic E-state index is 12.3. The minimum absolute atomic E-state index is 0.0320. The van der Waals surface area contributed by atoms with Crippen LogP contribution < -0.4 is 10.5 Å². The third-order valence-electron chi connectivity index (χ3n) is 5.33. The third-order valence-corrected chi connectivity index (χ3v) is 5.33. The summed E-state index contributed by atoms with van der Waals surface area (Å²) in [4.78, 5) is 23.4. The Morgan fingerprint density at radius 1 is 1.15 bits per heavy atom. The highest BCUT2D eigenvalue weighted by Crippen LogP contribution is 2.38. The van der Waals surface area contributed by atoms with Crippen molar-refractivity contribution in [1.82, 2.24) is 29.5 Å². The Bertz CT molecular complexity index is 1020. The second-order valence-electron chi connectivity index (χ2n) is 7.28. The molecule has 3 aromatic heterocycles. The highest BCUT2D eigenvalue weighted by atomic mass is 16.1. The molecule has 2 fully saturated rings. The zero-order chi connectivity index (χ0) is 17.7. The highest BCUT2D eigenvalue weighted by molar-refractivity contribution is 5.86. The van der Waals surface area contributed by atoms with Gasteiger partial charge in [0.15, 0.2) is 5.65 Å². The van der Waals surface area contributed by atoms with Crippen LogP contribution in [-0.2, 0) is 13.6 Å². The average Bonchev–Trinajstić information content (AvgIpc) is 3.26. The summed E-state index contributed by atoms with van der Waals surface area (Å²) < 4.78 is 3.40. The van der Waals surface area contributed by atoms with E-state index in [1.54, 1.807) is 21.8 Å². The Labute approximate surface area is 150 Å². The van der Waals surface area contributed by atoms with Crippen LogP contribution in [0.5, 0.6) is 0 Å². The van der Waals surface area contributed by atoms with E-state index in [-0.39, 0.29) is 11.6 Å². The normalized spacial score (nSPS) is 20.2. The Morgan fingerprint density at radius 3 is 2.88 bits per heavy atom. The second-order valence-corrected chi connectivity index (χ2v) is 7.28. The van der Waals surface area contributed by atoms with E-state index in [9.17, 15) is 4.79 Å². The molecule has 1 aliphatic heterocycles. The standard InChI is InChI=1S/C18H21N7O/c1-23-10-14-17(22-23)19-11-20-18(14)24-8-2-3-13(24)9-25-16(26)7-6-15(21-25)12-4-5-12/h6-7,10-13H,2-5,8-9H2,1H3. The molecule has 0 spiro atoms. The third kappa shape index (κ3) is 2.65. The molecule has 3 aromatic rings. The maximum absolute atomic E-state index is 12.3. The molecule has 0 radical (unpaired) electrons. The fourth-order valence-electron chi connectivity index (χ4n) is 3.86. The molecule has 0 amide bonds. The Morgan fingerprint density at radius 2 is 2.04 bits per heavy atom. The van der Waals surface area contributed by atoms with Gasteiger partial charge < -0.3 is 4.90 Å². The van der Waals surface area contributed by atoms with Crippen LogP contribution in [0.4, 0.5) is 5.82 Å². The van der Waals surface area contributed by atoms with Gasteiger partial charge in [-0.15, -0.1) is 0 Å². The van der Waals surface area contributed by atoms with Crippen LogP contribution in [0.25, 0.3) is 11.0 Å². The van der Waals surface area contributed by atoms with E-state index < -0.39 is 0 Å². The first kappa shape index (κ1) is 15.5. The minimum atomic E-state index is -0.0320. The van der Waals surface area contributed by atoms with Crippen LogP contribution >= 0.6 is 0 Å². The number of rotatable bonds is 4. The number of nitrogens with zero attached hydrogens (tertiary/aromatic N) is 7. The second kappa shape index (κ2) is 5.89. The van der Waals surface area contributed by atoms with Gasteiger partial charge in [0.2, 0.25) is 0 Å². The summed E-state index contributed by atoms with van der Waals surface area (Å²) in [6.07, 6.45) is 7.98. The predicted molar refractivity (Wildman–Crippen MR) is 97.1 cm³/mol. The van der Waals surface area contributed by atoms with Gasteiger partial charge in [0, 0.05) is 31.8 Å². The van der Waals surface area contributed by atoms with Crippen molar-refractivity contribution < 1.29 is 0 Å². The van der Waals surface area contributed by atoms with E-state index in [4.69, 9.17) is 0 Å². The lowest BCUT2D eigenvalue weighted by molar-refractivity contribution is 0.481. The van der Waals surface area contributed by atoms with Crippen molar-refractivity contribution in [2.45, 2.75) is 44.2 Å². The number of hydrogen-bond donors (Lipinski definition) is 0. The lowest BCUT2D eigenvalue weighted by atomic mass is 10.2. The molecular formula is C18H21N7O. The topological polar surface area (TPSA) is 81.7 Å². The lowest BCUT2D eigenvalue weighted by Gasteiger charge is -2.26. The van der Waals surface area contributed by atoms with Crippen LogP contribution in [0.2, 0.25) is 0 Å². The summed E-state index contributed by atoms with van der Waals surface area (Å²) in [6.45, 7) is 1.51. The number of aryl methyl sites for hydroxylation is 1. The summed E-state index contributed by atoms with van der Waals surface area (Å²) in [5.74, 6) is 1.44. The molecule has 0 N–H and O–H groups in total. The molecular weight excluding hydrogens is 330 g/mol. The van der Waals surface area contributed by atoms with Crippen molar-refractivity contribution in [3.8, 4) is 0 Å². The first-order valence-corrected chi connectivity index (χ1v) is 9.18. The molecule has 1 unspecified atom stereocenters. The van der Waals surface area contributed by atoms with Crippen molar-refractivity contribution in [3.05, 3.63) is 40.7 Å². The monoisotopic (exact) mass is 351 g/mol.